The summed E-state index contributed by atoms with van der Waals surface area (Å²) < 4.78 is 5.83. The van der Waals surface area contributed by atoms with E-state index in [4.69, 9.17) is 10.1 Å². The van der Waals surface area contributed by atoms with E-state index in [0.717, 1.165) is 22.1 Å². The Labute approximate surface area is 196 Å². The maximum absolute atomic E-state index is 12.5. The van der Waals surface area contributed by atoms with E-state index >= 15 is 0 Å². The molecule has 0 aromatic heterocycles. The average molecular weight is 465 g/mol. The number of ether oxygens (including phenoxy) is 1. The number of rotatable bonds is 7. The topological polar surface area (TPSA) is 78.1 Å². The SMILES string of the molecule is Cc1ccc(SCCOc2ccc(/C=C3/C(=N)N4N=C(C(C)C)SC4=NC3=O)cc2)cc1. The molecule has 2 aliphatic rings. The van der Waals surface area contributed by atoms with Crippen molar-refractivity contribution in [2.45, 2.75) is 25.7 Å². The summed E-state index contributed by atoms with van der Waals surface area (Å²) >= 11 is 3.11. The van der Waals surface area contributed by atoms with Crippen molar-refractivity contribution in [2.75, 3.05) is 12.4 Å². The molecule has 0 aliphatic carbocycles. The number of carbonyl (C=O) groups excluding carboxylic acids is 1. The number of benzene rings is 2. The predicted molar refractivity (Wildman–Crippen MR) is 134 cm³/mol. The van der Waals surface area contributed by atoms with E-state index in [9.17, 15) is 4.79 Å². The molecule has 6 nitrogen and oxygen atoms in total. The Morgan fingerprint density at radius 3 is 2.56 bits per heavy atom. The minimum Gasteiger partial charge on any atom is -0.493 e. The Morgan fingerprint density at radius 2 is 1.88 bits per heavy atom. The number of fused-ring (bicyclic) bond motifs is 1. The van der Waals surface area contributed by atoms with E-state index in [-0.39, 0.29) is 17.3 Å². The van der Waals surface area contributed by atoms with Gasteiger partial charge < -0.3 is 4.74 Å². The number of carbonyl (C=O) groups is 1. The zero-order chi connectivity index (χ0) is 22.7. The average Bonchev–Trinajstić information content (AvgIpc) is 3.21. The minimum atomic E-state index is -0.414. The van der Waals surface area contributed by atoms with Gasteiger partial charge in [0.05, 0.1) is 12.2 Å². The number of hydrazone groups is 1. The first-order valence-corrected chi connectivity index (χ1v) is 12.1. The molecule has 0 spiro atoms. The second-order valence-corrected chi connectivity index (χ2v) is 9.85. The number of nitrogens with one attached hydrogen (secondary N) is 1. The Hall–Kier alpha value is -2.84. The van der Waals surface area contributed by atoms with Crippen molar-refractivity contribution in [3.05, 3.63) is 65.2 Å². The van der Waals surface area contributed by atoms with Crippen LogP contribution in [0.5, 0.6) is 5.75 Å². The maximum Gasteiger partial charge on any atom is 0.283 e. The van der Waals surface area contributed by atoms with E-state index in [1.807, 2.05) is 38.1 Å². The van der Waals surface area contributed by atoms with Crippen LogP contribution in [0, 0.1) is 18.3 Å². The van der Waals surface area contributed by atoms with Crippen molar-refractivity contribution < 1.29 is 9.53 Å². The first-order chi connectivity index (χ1) is 15.4. The summed E-state index contributed by atoms with van der Waals surface area (Å²) in [6.45, 7) is 6.73. The van der Waals surface area contributed by atoms with Crippen molar-refractivity contribution >= 4 is 51.6 Å². The molecule has 0 unspecified atom stereocenters. The fraction of sp³-hybridized carbons (Fsp3) is 0.250. The maximum atomic E-state index is 12.5. The standard InChI is InChI=1S/C24H24N4O2S2/c1-15(2)23-27-28-21(25)20(22(29)26-24(28)32-23)14-17-6-8-18(9-7-17)30-12-13-31-19-10-4-16(3)5-11-19/h4-11,14-15,25H,12-13H2,1-3H3/b20-14-,25-21?. The highest BCUT2D eigenvalue weighted by Gasteiger charge is 2.36. The molecule has 4 rings (SSSR count). The lowest BCUT2D eigenvalue weighted by molar-refractivity contribution is -0.114. The van der Waals surface area contributed by atoms with Gasteiger partial charge in [0, 0.05) is 16.6 Å². The van der Waals surface area contributed by atoms with Crippen LogP contribution < -0.4 is 4.74 Å². The number of nitrogens with zero attached hydrogens (tertiary/aromatic N) is 3. The van der Waals surface area contributed by atoms with Gasteiger partial charge in [-0.3, -0.25) is 10.2 Å². The van der Waals surface area contributed by atoms with Gasteiger partial charge in [-0.2, -0.15) is 15.1 Å². The third-order valence-electron chi connectivity index (χ3n) is 4.80. The predicted octanol–water partition coefficient (Wildman–Crippen LogP) is 5.44. The van der Waals surface area contributed by atoms with Crippen LogP contribution in [0.1, 0.15) is 25.0 Å². The van der Waals surface area contributed by atoms with Crippen molar-refractivity contribution in [3.8, 4) is 5.75 Å². The number of hydrogen-bond donors (Lipinski definition) is 1. The molecule has 1 amide bonds. The summed E-state index contributed by atoms with van der Waals surface area (Å²) in [6.07, 6.45) is 1.68. The number of aryl methyl sites for hydroxylation is 1. The summed E-state index contributed by atoms with van der Waals surface area (Å²) in [5.74, 6) is 1.47. The van der Waals surface area contributed by atoms with Gasteiger partial charge in [-0.25, -0.2) is 0 Å². The Kier molecular flexibility index (Phi) is 6.81. The van der Waals surface area contributed by atoms with Gasteiger partial charge in [-0.1, -0.05) is 43.7 Å². The second-order valence-electron chi connectivity index (χ2n) is 7.69. The number of amides is 1. The van der Waals surface area contributed by atoms with E-state index in [1.165, 1.54) is 27.2 Å². The normalized spacial score (nSPS) is 17.0. The molecule has 1 N–H and O–H groups in total. The van der Waals surface area contributed by atoms with Crippen LogP contribution in [0.4, 0.5) is 0 Å². The van der Waals surface area contributed by atoms with Crippen molar-refractivity contribution in [3.63, 3.8) is 0 Å². The van der Waals surface area contributed by atoms with Gasteiger partial charge in [0.15, 0.2) is 5.84 Å². The number of aliphatic imine (C=N–C) groups is 1. The third kappa shape index (κ3) is 5.14. The molecular formula is C24H24N4O2S2. The van der Waals surface area contributed by atoms with Gasteiger partial charge in [-0.15, -0.1) is 11.8 Å². The Balaban J connectivity index is 1.36. The van der Waals surface area contributed by atoms with Gasteiger partial charge >= 0.3 is 0 Å². The molecule has 0 saturated carbocycles. The lowest BCUT2D eigenvalue weighted by Gasteiger charge is -2.20. The first kappa shape index (κ1) is 22.4. The van der Waals surface area contributed by atoms with Crippen LogP contribution >= 0.6 is 23.5 Å². The highest BCUT2D eigenvalue weighted by Crippen LogP contribution is 2.31. The van der Waals surface area contributed by atoms with Crippen molar-refractivity contribution in [1.29, 1.82) is 5.41 Å². The molecule has 0 saturated heterocycles. The summed E-state index contributed by atoms with van der Waals surface area (Å²) in [5.41, 5.74) is 2.29. The van der Waals surface area contributed by atoms with Crippen LogP contribution in [0.15, 0.2) is 69.1 Å². The molecule has 2 heterocycles. The number of thioether (sulfide) groups is 2. The van der Waals surface area contributed by atoms with E-state index in [1.54, 1.807) is 17.8 Å². The van der Waals surface area contributed by atoms with Gasteiger partial charge in [0.25, 0.3) is 5.91 Å². The smallest absolute Gasteiger partial charge is 0.283 e. The Morgan fingerprint density at radius 1 is 1.16 bits per heavy atom. The number of amidine groups is 2. The first-order valence-electron chi connectivity index (χ1n) is 10.3. The Bertz CT molecular complexity index is 1120. The highest BCUT2D eigenvalue weighted by atomic mass is 32.2. The highest BCUT2D eigenvalue weighted by molar-refractivity contribution is 8.27. The fourth-order valence-electron chi connectivity index (χ4n) is 3.02. The molecule has 164 valence electrons. The quantitative estimate of drug-likeness (QED) is 0.335. The molecule has 2 aromatic rings. The molecule has 32 heavy (non-hydrogen) atoms. The minimum absolute atomic E-state index is 0.0524. The van der Waals surface area contributed by atoms with E-state index in [0.29, 0.717) is 11.8 Å². The van der Waals surface area contributed by atoms with Crippen LogP contribution in [-0.2, 0) is 4.79 Å². The van der Waals surface area contributed by atoms with Crippen LogP contribution in [0.25, 0.3) is 6.08 Å². The summed E-state index contributed by atoms with van der Waals surface area (Å²) in [6, 6.07) is 15.9. The molecule has 0 atom stereocenters. The number of hydrogen-bond acceptors (Lipinski definition) is 6. The molecule has 8 heteroatoms. The fourth-order valence-corrected chi connectivity index (χ4v) is 4.64. The molecule has 0 fully saturated rings. The molecule has 0 bridgehead atoms. The molecular weight excluding hydrogens is 440 g/mol. The van der Waals surface area contributed by atoms with Crippen molar-refractivity contribution in [2.24, 2.45) is 16.0 Å². The van der Waals surface area contributed by atoms with Gasteiger partial charge in [-0.05, 0) is 54.6 Å². The van der Waals surface area contributed by atoms with Crippen LogP contribution in [-0.4, -0.2) is 39.3 Å². The zero-order valence-electron chi connectivity index (χ0n) is 18.2. The molecule has 2 aromatic carbocycles. The van der Waals surface area contributed by atoms with E-state index in [2.05, 4.69) is 41.3 Å². The van der Waals surface area contributed by atoms with Crippen LogP contribution in [0.3, 0.4) is 0 Å². The van der Waals surface area contributed by atoms with Crippen LogP contribution in [0.2, 0.25) is 0 Å². The lowest BCUT2D eigenvalue weighted by atomic mass is 10.1. The monoisotopic (exact) mass is 464 g/mol. The summed E-state index contributed by atoms with van der Waals surface area (Å²) in [4.78, 5) is 17.8. The second kappa shape index (κ2) is 9.75. The largest absolute Gasteiger partial charge is 0.493 e. The van der Waals surface area contributed by atoms with E-state index < -0.39 is 5.91 Å². The van der Waals surface area contributed by atoms with Gasteiger partial charge in [0.1, 0.15) is 10.8 Å². The van der Waals surface area contributed by atoms with Gasteiger partial charge in [0.2, 0.25) is 5.17 Å². The molecule has 0 radical (unpaired) electrons. The molecule has 2 aliphatic heterocycles. The third-order valence-corrected chi connectivity index (χ3v) is 6.98. The zero-order valence-corrected chi connectivity index (χ0v) is 19.8. The summed E-state index contributed by atoms with van der Waals surface area (Å²) in [7, 11) is 0. The lowest BCUT2D eigenvalue weighted by Crippen LogP contribution is -2.35. The summed E-state index contributed by atoms with van der Waals surface area (Å²) in [5, 5.41) is 15.6. The van der Waals surface area contributed by atoms with Crippen molar-refractivity contribution in [1.82, 2.24) is 5.01 Å².